The molecule has 0 radical (unpaired) electrons. The Labute approximate surface area is 71.7 Å². The molecule has 3 N–H and O–H groups in total. The minimum atomic E-state index is -0.712. The van der Waals surface area contributed by atoms with E-state index in [1.807, 2.05) is 6.92 Å². The molecule has 0 spiro atoms. The van der Waals surface area contributed by atoms with Crippen molar-refractivity contribution in [1.82, 2.24) is 0 Å². The van der Waals surface area contributed by atoms with E-state index in [4.69, 9.17) is 15.6 Å². The van der Waals surface area contributed by atoms with Gasteiger partial charge >= 0.3 is 5.97 Å². The topological polar surface area (TPSA) is 72.5 Å². The number of ether oxygens (including phenoxy) is 1. The fraction of sp³-hybridized carbons (Fsp3) is 0.875. The first-order valence-electron chi connectivity index (χ1n) is 4.19. The summed E-state index contributed by atoms with van der Waals surface area (Å²) in [6.45, 7) is 2.39. The van der Waals surface area contributed by atoms with Crippen LogP contribution in [0, 0.1) is 5.92 Å². The lowest BCUT2D eigenvalue weighted by Crippen LogP contribution is -2.38. The van der Waals surface area contributed by atoms with Crippen molar-refractivity contribution in [1.29, 1.82) is 0 Å². The molecule has 0 aromatic heterocycles. The molecular weight excluding hydrogens is 158 g/mol. The van der Waals surface area contributed by atoms with Crippen LogP contribution in [0.4, 0.5) is 0 Å². The van der Waals surface area contributed by atoms with E-state index in [0.29, 0.717) is 19.4 Å². The van der Waals surface area contributed by atoms with E-state index in [-0.39, 0.29) is 18.1 Å². The van der Waals surface area contributed by atoms with Crippen LogP contribution in [0.25, 0.3) is 0 Å². The highest BCUT2D eigenvalue weighted by Gasteiger charge is 2.34. The van der Waals surface area contributed by atoms with Crippen molar-refractivity contribution in [3.05, 3.63) is 0 Å². The third kappa shape index (κ3) is 2.46. The van der Waals surface area contributed by atoms with E-state index < -0.39 is 5.97 Å². The predicted octanol–water partition coefficient (Wildman–Crippen LogP) is 0.213. The second kappa shape index (κ2) is 3.87. The first kappa shape index (κ1) is 9.48. The van der Waals surface area contributed by atoms with Gasteiger partial charge in [-0.1, -0.05) is 0 Å². The summed E-state index contributed by atoms with van der Waals surface area (Å²) in [5.74, 6) is -0.904. The summed E-state index contributed by atoms with van der Waals surface area (Å²) in [6.07, 6.45) is 1.40. The van der Waals surface area contributed by atoms with Crippen LogP contribution < -0.4 is 5.73 Å². The zero-order chi connectivity index (χ0) is 9.14. The fourth-order valence-electron chi connectivity index (χ4n) is 1.19. The van der Waals surface area contributed by atoms with E-state index >= 15 is 0 Å². The summed E-state index contributed by atoms with van der Waals surface area (Å²) >= 11 is 0. The van der Waals surface area contributed by atoms with Gasteiger partial charge in [0.2, 0.25) is 0 Å². The highest BCUT2D eigenvalue weighted by Crippen LogP contribution is 2.29. The SMILES string of the molecule is C[C@H](N)COC1CC(C(=O)O)C1. The summed E-state index contributed by atoms with van der Waals surface area (Å²) in [4.78, 5) is 10.4. The normalized spacial score (nSPS) is 30.8. The summed E-state index contributed by atoms with van der Waals surface area (Å²) in [6, 6.07) is 0.0360. The molecule has 1 aliphatic carbocycles. The lowest BCUT2D eigenvalue weighted by atomic mass is 9.82. The summed E-state index contributed by atoms with van der Waals surface area (Å²) in [5.41, 5.74) is 5.47. The Morgan fingerprint density at radius 2 is 2.33 bits per heavy atom. The molecule has 1 aliphatic rings. The van der Waals surface area contributed by atoms with Crippen molar-refractivity contribution in [3.8, 4) is 0 Å². The van der Waals surface area contributed by atoms with Gasteiger partial charge in [0.1, 0.15) is 0 Å². The van der Waals surface area contributed by atoms with Gasteiger partial charge in [0.25, 0.3) is 0 Å². The lowest BCUT2D eigenvalue weighted by molar-refractivity contribution is -0.151. The lowest BCUT2D eigenvalue weighted by Gasteiger charge is -2.32. The molecular formula is C8H15NO3. The van der Waals surface area contributed by atoms with Gasteiger partial charge in [-0.05, 0) is 19.8 Å². The number of rotatable bonds is 4. The first-order chi connectivity index (χ1) is 5.59. The zero-order valence-corrected chi connectivity index (χ0v) is 7.19. The Kier molecular flexibility index (Phi) is 3.05. The van der Waals surface area contributed by atoms with Gasteiger partial charge in [-0.3, -0.25) is 4.79 Å². The minimum absolute atomic E-state index is 0.0360. The number of nitrogens with two attached hydrogens (primary N) is 1. The van der Waals surface area contributed by atoms with Crippen molar-refractivity contribution in [3.63, 3.8) is 0 Å². The molecule has 0 aromatic rings. The van der Waals surface area contributed by atoms with E-state index in [2.05, 4.69) is 0 Å². The van der Waals surface area contributed by atoms with E-state index in [9.17, 15) is 4.79 Å². The third-order valence-electron chi connectivity index (χ3n) is 2.04. The van der Waals surface area contributed by atoms with Gasteiger partial charge in [0, 0.05) is 6.04 Å². The summed E-state index contributed by atoms with van der Waals surface area (Å²) in [5, 5.41) is 8.55. The van der Waals surface area contributed by atoms with Crippen LogP contribution in [0.2, 0.25) is 0 Å². The number of carboxylic acids is 1. The number of carboxylic acid groups (broad SMARTS) is 1. The van der Waals surface area contributed by atoms with Gasteiger partial charge in [-0.15, -0.1) is 0 Å². The van der Waals surface area contributed by atoms with Gasteiger partial charge in [0.05, 0.1) is 18.6 Å². The summed E-state index contributed by atoms with van der Waals surface area (Å²) < 4.78 is 5.33. The molecule has 12 heavy (non-hydrogen) atoms. The molecule has 1 atom stereocenters. The Morgan fingerprint density at radius 3 is 2.75 bits per heavy atom. The van der Waals surface area contributed by atoms with Crippen LogP contribution in [-0.4, -0.2) is 29.8 Å². The Balaban J connectivity index is 2.06. The molecule has 0 aromatic carbocycles. The first-order valence-corrected chi connectivity index (χ1v) is 4.19. The predicted molar refractivity (Wildman–Crippen MR) is 43.7 cm³/mol. The molecule has 0 bridgehead atoms. The maximum absolute atomic E-state index is 10.4. The second-order valence-corrected chi connectivity index (χ2v) is 3.44. The van der Waals surface area contributed by atoms with Crippen LogP contribution in [0.5, 0.6) is 0 Å². The van der Waals surface area contributed by atoms with Gasteiger partial charge in [0.15, 0.2) is 0 Å². The third-order valence-corrected chi connectivity index (χ3v) is 2.04. The van der Waals surface area contributed by atoms with Gasteiger partial charge in [-0.25, -0.2) is 0 Å². The molecule has 1 saturated carbocycles. The molecule has 0 aliphatic heterocycles. The van der Waals surface area contributed by atoms with Crippen molar-refractivity contribution >= 4 is 5.97 Å². The number of aliphatic carboxylic acids is 1. The monoisotopic (exact) mass is 173 g/mol. The number of hydrogen-bond donors (Lipinski definition) is 2. The summed E-state index contributed by atoms with van der Waals surface area (Å²) in [7, 11) is 0. The average molecular weight is 173 g/mol. The highest BCUT2D eigenvalue weighted by atomic mass is 16.5. The fourth-order valence-corrected chi connectivity index (χ4v) is 1.19. The van der Waals surface area contributed by atoms with Gasteiger partial charge < -0.3 is 15.6 Å². The van der Waals surface area contributed by atoms with E-state index in [1.54, 1.807) is 0 Å². The smallest absolute Gasteiger partial charge is 0.306 e. The molecule has 1 fully saturated rings. The van der Waals surface area contributed by atoms with Crippen molar-refractivity contribution in [2.75, 3.05) is 6.61 Å². The highest BCUT2D eigenvalue weighted by molar-refractivity contribution is 5.71. The maximum atomic E-state index is 10.4. The molecule has 70 valence electrons. The molecule has 0 unspecified atom stereocenters. The molecule has 0 heterocycles. The van der Waals surface area contributed by atoms with Crippen molar-refractivity contribution < 1.29 is 14.6 Å². The quantitative estimate of drug-likeness (QED) is 0.637. The van der Waals surface area contributed by atoms with Crippen molar-refractivity contribution in [2.24, 2.45) is 11.7 Å². The van der Waals surface area contributed by atoms with E-state index in [1.165, 1.54) is 0 Å². The molecule has 1 rings (SSSR count). The zero-order valence-electron chi connectivity index (χ0n) is 7.19. The molecule has 4 nitrogen and oxygen atoms in total. The molecule has 4 heteroatoms. The Bertz CT molecular complexity index is 164. The van der Waals surface area contributed by atoms with Crippen LogP contribution in [0.3, 0.4) is 0 Å². The van der Waals surface area contributed by atoms with Crippen molar-refractivity contribution in [2.45, 2.75) is 31.9 Å². The largest absolute Gasteiger partial charge is 0.481 e. The Morgan fingerprint density at radius 1 is 1.75 bits per heavy atom. The average Bonchev–Trinajstić information content (AvgIpc) is 1.82. The van der Waals surface area contributed by atoms with Crippen LogP contribution >= 0.6 is 0 Å². The standard InChI is InChI=1S/C8H15NO3/c1-5(9)4-12-7-2-6(3-7)8(10)11/h5-7H,2-4,9H2,1H3,(H,10,11)/t5-,6?,7?/m0/s1. The van der Waals surface area contributed by atoms with Crippen LogP contribution in [-0.2, 0) is 9.53 Å². The minimum Gasteiger partial charge on any atom is -0.481 e. The van der Waals surface area contributed by atoms with Crippen LogP contribution in [0.15, 0.2) is 0 Å². The Hall–Kier alpha value is -0.610. The molecule has 0 saturated heterocycles. The number of carbonyl (C=O) groups is 1. The molecule has 0 amide bonds. The van der Waals surface area contributed by atoms with Gasteiger partial charge in [-0.2, -0.15) is 0 Å². The van der Waals surface area contributed by atoms with Crippen LogP contribution in [0.1, 0.15) is 19.8 Å². The second-order valence-electron chi connectivity index (χ2n) is 3.44. The number of hydrogen-bond acceptors (Lipinski definition) is 3. The maximum Gasteiger partial charge on any atom is 0.306 e. The van der Waals surface area contributed by atoms with E-state index in [0.717, 1.165) is 0 Å².